The molecule has 1 aromatic carbocycles. The summed E-state index contributed by atoms with van der Waals surface area (Å²) in [7, 11) is 0. The summed E-state index contributed by atoms with van der Waals surface area (Å²) in [5, 5.41) is 8.25. The van der Waals surface area contributed by atoms with Crippen LogP contribution in [0.2, 0.25) is 0 Å². The Morgan fingerprint density at radius 3 is 2.00 bits per heavy atom. The van der Waals surface area contributed by atoms with Gasteiger partial charge >= 0.3 is 5.97 Å². The van der Waals surface area contributed by atoms with E-state index in [0.717, 1.165) is 0 Å². The predicted octanol–water partition coefficient (Wildman–Crippen LogP) is 1.42. The Labute approximate surface area is 93.7 Å². The topological polar surface area (TPSA) is 37.3 Å². The van der Waals surface area contributed by atoms with Crippen molar-refractivity contribution in [3.8, 4) is 0 Å². The zero-order valence-electron chi connectivity index (χ0n) is 6.64. The zero-order valence-corrected chi connectivity index (χ0v) is 8.64. The van der Waals surface area contributed by atoms with Gasteiger partial charge in [-0.3, -0.25) is 0 Å². The van der Waals surface area contributed by atoms with Crippen molar-refractivity contribution in [3.05, 3.63) is 35.1 Å². The Morgan fingerprint density at radius 1 is 1.08 bits per heavy atom. The molecular weight excluding hydrogens is 196 g/mol. The smallest absolute Gasteiger partial charge is 0.338 e. The largest absolute Gasteiger partial charge is 0.478 e. The number of rotatable bonds is 1. The average molecular weight is 199 g/mol. The summed E-state index contributed by atoms with van der Waals surface area (Å²) in [5.74, 6) is -5.71. The van der Waals surface area contributed by atoms with Crippen LogP contribution in [0, 0.1) is 17.5 Å². The molecule has 0 heterocycles. The van der Waals surface area contributed by atoms with E-state index in [2.05, 4.69) is 0 Å². The van der Waals surface area contributed by atoms with Crippen LogP contribution < -0.4 is 0 Å². The zero-order chi connectivity index (χ0) is 9.30. The van der Waals surface area contributed by atoms with Crippen molar-refractivity contribution in [2.75, 3.05) is 0 Å². The Balaban J connectivity index is 0.00000144. The molecule has 1 rings (SSSR count). The van der Waals surface area contributed by atoms with Crippen LogP contribution in [0.1, 0.15) is 10.4 Å². The molecule has 0 fully saturated rings. The van der Waals surface area contributed by atoms with Crippen molar-refractivity contribution < 1.29 is 23.1 Å². The van der Waals surface area contributed by atoms with Crippen molar-refractivity contribution in [1.29, 1.82) is 0 Å². The van der Waals surface area contributed by atoms with Crippen LogP contribution in [0.4, 0.5) is 13.2 Å². The van der Waals surface area contributed by atoms with Crippen LogP contribution in [0.3, 0.4) is 0 Å². The second-order valence-corrected chi connectivity index (χ2v) is 2.05. The molecule has 0 amide bonds. The minimum atomic E-state index is -1.63. The molecule has 0 spiro atoms. The fourth-order valence-electron chi connectivity index (χ4n) is 0.686. The Hall–Kier alpha value is -0.520. The third-order valence-corrected chi connectivity index (χ3v) is 1.24. The van der Waals surface area contributed by atoms with Gasteiger partial charge in [0.1, 0.15) is 5.82 Å². The number of hydrogen-bond acceptors (Lipinski definition) is 1. The number of benzene rings is 1. The van der Waals surface area contributed by atoms with Gasteiger partial charge in [0.15, 0.2) is 11.6 Å². The standard InChI is InChI=1S/C7H3F3O2.Na/c8-4-2-6(10)5(9)1-3(4)7(11)12;/h1-2H,(H,11,12);. The number of carboxylic acid groups (broad SMARTS) is 1. The van der Waals surface area contributed by atoms with E-state index >= 15 is 0 Å². The first-order valence-corrected chi connectivity index (χ1v) is 2.90. The molecular formula is C7H3F3NaO2. The molecule has 0 saturated heterocycles. The fraction of sp³-hybridized carbons (Fsp3) is 0. The van der Waals surface area contributed by atoms with Crippen LogP contribution >= 0.6 is 0 Å². The molecule has 65 valence electrons. The number of carboxylic acids is 1. The van der Waals surface area contributed by atoms with Crippen molar-refractivity contribution in [3.63, 3.8) is 0 Å². The van der Waals surface area contributed by atoms with Crippen LogP contribution in [-0.4, -0.2) is 40.6 Å². The molecule has 0 aliphatic rings. The first kappa shape index (κ1) is 12.5. The molecule has 0 aliphatic carbocycles. The first-order valence-electron chi connectivity index (χ1n) is 2.90. The quantitative estimate of drug-likeness (QED) is 0.548. The number of carbonyl (C=O) groups is 1. The van der Waals surface area contributed by atoms with E-state index in [4.69, 9.17) is 5.11 Å². The molecule has 0 aliphatic heterocycles. The monoisotopic (exact) mass is 199 g/mol. The fourth-order valence-corrected chi connectivity index (χ4v) is 0.686. The molecule has 0 saturated carbocycles. The van der Waals surface area contributed by atoms with Crippen molar-refractivity contribution >= 4 is 35.5 Å². The van der Waals surface area contributed by atoms with E-state index in [1.54, 1.807) is 0 Å². The summed E-state index contributed by atoms with van der Waals surface area (Å²) in [6.07, 6.45) is 0. The molecule has 1 N–H and O–H groups in total. The summed E-state index contributed by atoms with van der Waals surface area (Å²) >= 11 is 0. The molecule has 0 unspecified atom stereocenters. The maximum Gasteiger partial charge on any atom is 0.338 e. The van der Waals surface area contributed by atoms with Crippen LogP contribution in [0.25, 0.3) is 0 Å². The van der Waals surface area contributed by atoms with E-state index in [1.165, 1.54) is 0 Å². The third kappa shape index (κ3) is 2.72. The van der Waals surface area contributed by atoms with Crippen LogP contribution in [-0.2, 0) is 0 Å². The maximum absolute atomic E-state index is 12.5. The van der Waals surface area contributed by atoms with Crippen molar-refractivity contribution in [2.24, 2.45) is 0 Å². The van der Waals surface area contributed by atoms with Gasteiger partial charge in [-0.05, 0) is 6.07 Å². The average Bonchev–Trinajstić information content (AvgIpc) is 1.96. The van der Waals surface area contributed by atoms with Gasteiger partial charge in [0.05, 0.1) is 5.56 Å². The van der Waals surface area contributed by atoms with E-state index in [-0.39, 0.29) is 35.6 Å². The summed E-state index contributed by atoms with van der Waals surface area (Å²) in [6.45, 7) is 0. The van der Waals surface area contributed by atoms with Crippen molar-refractivity contribution in [2.45, 2.75) is 0 Å². The van der Waals surface area contributed by atoms with Gasteiger partial charge in [0.2, 0.25) is 0 Å². The second kappa shape index (κ2) is 4.64. The van der Waals surface area contributed by atoms with Gasteiger partial charge in [-0.15, -0.1) is 0 Å². The molecule has 0 atom stereocenters. The molecule has 1 radical (unpaired) electrons. The van der Waals surface area contributed by atoms with Gasteiger partial charge in [0.25, 0.3) is 0 Å². The van der Waals surface area contributed by atoms with Gasteiger partial charge in [-0.2, -0.15) is 0 Å². The number of halogens is 3. The molecule has 1 aromatic rings. The summed E-state index contributed by atoms with van der Waals surface area (Å²) in [4.78, 5) is 10.2. The van der Waals surface area contributed by atoms with Crippen LogP contribution in [0.15, 0.2) is 12.1 Å². The number of aromatic carboxylic acids is 1. The van der Waals surface area contributed by atoms with Gasteiger partial charge in [-0.1, -0.05) is 0 Å². The molecule has 13 heavy (non-hydrogen) atoms. The Morgan fingerprint density at radius 2 is 1.54 bits per heavy atom. The van der Waals surface area contributed by atoms with E-state index in [0.29, 0.717) is 6.07 Å². The van der Waals surface area contributed by atoms with Gasteiger partial charge < -0.3 is 5.11 Å². The molecule has 0 bridgehead atoms. The van der Waals surface area contributed by atoms with E-state index in [9.17, 15) is 18.0 Å². The second-order valence-electron chi connectivity index (χ2n) is 2.05. The predicted molar refractivity (Wildman–Crippen MR) is 39.0 cm³/mol. The SMILES string of the molecule is O=C(O)c1cc(F)c(F)cc1F.[Na]. The van der Waals surface area contributed by atoms with Gasteiger partial charge in [0, 0.05) is 35.6 Å². The van der Waals surface area contributed by atoms with E-state index < -0.39 is 29.0 Å². The molecule has 2 nitrogen and oxygen atoms in total. The van der Waals surface area contributed by atoms with Crippen LogP contribution in [0.5, 0.6) is 0 Å². The summed E-state index contributed by atoms with van der Waals surface area (Å²) in [5.41, 5.74) is -0.881. The van der Waals surface area contributed by atoms with E-state index in [1.807, 2.05) is 0 Å². The first-order chi connectivity index (χ1) is 5.52. The minimum absolute atomic E-state index is 0. The third-order valence-electron chi connectivity index (χ3n) is 1.24. The Bertz CT molecular complexity index is 341. The molecule has 6 heteroatoms. The van der Waals surface area contributed by atoms with Gasteiger partial charge in [-0.25, -0.2) is 18.0 Å². The van der Waals surface area contributed by atoms with Crippen molar-refractivity contribution in [1.82, 2.24) is 0 Å². The summed E-state index contributed by atoms with van der Waals surface area (Å²) in [6, 6.07) is 0.492. The normalized spacial score (nSPS) is 9.15. The summed E-state index contributed by atoms with van der Waals surface area (Å²) < 4.78 is 37.0. The molecule has 0 aromatic heterocycles. The minimum Gasteiger partial charge on any atom is -0.478 e. The maximum atomic E-state index is 12.5. The number of hydrogen-bond donors (Lipinski definition) is 1. The Kier molecular flexibility index (Phi) is 4.46.